The Hall–Kier alpha value is -8.66. The van der Waals surface area contributed by atoms with E-state index in [9.17, 15) is 0 Å². The zero-order valence-electron chi connectivity index (χ0n) is 35.4. The second-order valence-electron chi connectivity index (χ2n) is 16.9. The zero-order chi connectivity index (χ0) is 42.8. The minimum absolute atomic E-state index is 0.892. The monoisotopic (exact) mass is 828 g/mol. The molecule has 0 atom stereocenters. The van der Waals surface area contributed by atoms with E-state index in [0.29, 0.717) is 0 Å². The number of hydrogen-bond acceptors (Lipinski definition) is 2. The maximum atomic E-state index is 6.33. The molecule has 0 spiro atoms. The van der Waals surface area contributed by atoms with Gasteiger partial charge < -0.3 is 13.9 Å². The summed E-state index contributed by atoms with van der Waals surface area (Å²) in [4.78, 5) is 2.42. The minimum atomic E-state index is 0.892. The van der Waals surface area contributed by atoms with Crippen LogP contribution in [0.25, 0.3) is 104 Å². The Morgan fingerprint density at radius 2 is 0.862 bits per heavy atom. The summed E-state index contributed by atoms with van der Waals surface area (Å²) in [6.45, 7) is 0. The average Bonchev–Trinajstić information content (AvgIpc) is 3.93. The molecule has 13 aromatic rings. The van der Waals surface area contributed by atoms with Crippen molar-refractivity contribution in [2.24, 2.45) is 0 Å². The van der Waals surface area contributed by atoms with Gasteiger partial charge in [0.15, 0.2) is 0 Å². The fourth-order valence-electron chi connectivity index (χ4n) is 10.1. The molecule has 0 bridgehead atoms. The molecule has 65 heavy (non-hydrogen) atoms. The van der Waals surface area contributed by atoms with Gasteiger partial charge in [-0.05, 0) is 116 Å². The molecule has 0 fully saturated rings. The van der Waals surface area contributed by atoms with E-state index in [4.69, 9.17) is 4.42 Å². The number of furan rings is 1. The summed E-state index contributed by atoms with van der Waals surface area (Å²) in [5.41, 5.74) is 15.7. The number of fused-ring (bicyclic) bond motifs is 9. The van der Waals surface area contributed by atoms with Gasteiger partial charge in [-0.15, -0.1) is 0 Å². The predicted molar refractivity (Wildman–Crippen MR) is 274 cm³/mol. The molecule has 11 aromatic carbocycles. The van der Waals surface area contributed by atoms with Gasteiger partial charge in [0.25, 0.3) is 0 Å². The van der Waals surface area contributed by atoms with Crippen molar-refractivity contribution in [3.05, 3.63) is 243 Å². The quantitative estimate of drug-likeness (QED) is 0.149. The molecule has 2 aromatic heterocycles. The van der Waals surface area contributed by atoms with E-state index in [-0.39, 0.29) is 0 Å². The van der Waals surface area contributed by atoms with Crippen LogP contribution in [0.2, 0.25) is 0 Å². The van der Waals surface area contributed by atoms with Gasteiger partial charge in [0.1, 0.15) is 11.2 Å². The number of anilines is 3. The molecule has 0 unspecified atom stereocenters. The van der Waals surface area contributed by atoms with E-state index in [0.717, 1.165) is 61.4 Å². The van der Waals surface area contributed by atoms with Crippen molar-refractivity contribution >= 4 is 82.4 Å². The highest BCUT2D eigenvalue weighted by atomic mass is 16.3. The fraction of sp³-hybridized carbons (Fsp3) is 0. The summed E-state index contributed by atoms with van der Waals surface area (Å²) in [5.74, 6) is 0. The van der Waals surface area contributed by atoms with Crippen LogP contribution in [0.3, 0.4) is 0 Å². The number of nitrogens with zero attached hydrogens (tertiary/aromatic N) is 2. The van der Waals surface area contributed by atoms with Crippen LogP contribution >= 0.6 is 0 Å². The van der Waals surface area contributed by atoms with Crippen molar-refractivity contribution in [3.8, 4) is 39.1 Å². The summed E-state index contributed by atoms with van der Waals surface area (Å²) >= 11 is 0. The molecule has 0 N–H and O–H groups in total. The van der Waals surface area contributed by atoms with Gasteiger partial charge in [-0.3, -0.25) is 0 Å². The summed E-state index contributed by atoms with van der Waals surface area (Å²) in [7, 11) is 0. The first-order valence-corrected chi connectivity index (χ1v) is 22.2. The third-order valence-electron chi connectivity index (χ3n) is 13.2. The van der Waals surface area contributed by atoms with Crippen LogP contribution in [-0.4, -0.2) is 4.57 Å². The van der Waals surface area contributed by atoms with E-state index < -0.39 is 0 Å². The van der Waals surface area contributed by atoms with Crippen molar-refractivity contribution < 1.29 is 4.42 Å². The third-order valence-corrected chi connectivity index (χ3v) is 13.2. The summed E-state index contributed by atoms with van der Waals surface area (Å²) in [6.07, 6.45) is 0. The van der Waals surface area contributed by atoms with Crippen molar-refractivity contribution in [2.45, 2.75) is 0 Å². The Kier molecular flexibility index (Phi) is 8.53. The second-order valence-corrected chi connectivity index (χ2v) is 16.9. The molecule has 3 heteroatoms. The lowest BCUT2D eigenvalue weighted by Crippen LogP contribution is -2.10. The van der Waals surface area contributed by atoms with E-state index >= 15 is 0 Å². The molecule has 0 aliphatic carbocycles. The zero-order valence-corrected chi connectivity index (χ0v) is 35.4. The first-order valence-electron chi connectivity index (χ1n) is 22.2. The van der Waals surface area contributed by atoms with Crippen molar-refractivity contribution in [3.63, 3.8) is 0 Å². The van der Waals surface area contributed by atoms with Crippen molar-refractivity contribution in [2.75, 3.05) is 4.90 Å². The van der Waals surface area contributed by atoms with Crippen LogP contribution in [-0.2, 0) is 0 Å². The Morgan fingerprint density at radius 3 is 1.58 bits per heavy atom. The van der Waals surface area contributed by atoms with Crippen LogP contribution in [0.5, 0.6) is 0 Å². The van der Waals surface area contributed by atoms with Crippen LogP contribution in [0.1, 0.15) is 0 Å². The van der Waals surface area contributed by atoms with Gasteiger partial charge in [0, 0.05) is 44.0 Å². The molecule has 0 saturated heterocycles. The maximum absolute atomic E-state index is 6.33. The number of benzene rings is 11. The topological polar surface area (TPSA) is 21.3 Å². The molecule has 0 amide bonds. The number of rotatable bonds is 7. The first kappa shape index (κ1) is 36.9. The Morgan fingerprint density at radius 1 is 0.323 bits per heavy atom. The van der Waals surface area contributed by atoms with Crippen LogP contribution in [0.15, 0.2) is 247 Å². The van der Waals surface area contributed by atoms with Gasteiger partial charge in [-0.25, -0.2) is 0 Å². The fourth-order valence-corrected chi connectivity index (χ4v) is 10.1. The lowest BCUT2D eigenvalue weighted by Gasteiger charge is -2.28. The van der Waals surface area contributed by atoms with Gasteiger partial charge in [0.05, 0.1) is 16.7 Å². The maximum Gasteiger partial charge on any atom is 0.136 e. The van der Waals surface area contributed by atoms with E-state index in [1.165, 1.54) is 60.0 Å². The average molecular weight is 829 g/mol. The third kappa shape index (κ3) is 6.12. The molecule has 2 heterocycles. The number of para-hydroxylation sites is 3. The van der Waals surface area contributed by atoms with Crippen molar-refractivity contribution in [1.82, 2.24) is 4.57 Å². The molecular weight excluding hydrogens is 789 g/mol. The van der Waals surface area contributed by atoms with E-state index in [1.807, 2.05) is 12.1 Å². The molecule has 0 aliphatic heterocycles. The summed E-state index contributed by atoms with van der Waals surface area (Å²) in [5, 5.41) is 9.68. The van der Waals surface area contributed by atoms with Crippen molar-refractivity contribution in [1.29, 1.82) is 0 Å². The van der Waals surface area contributed by atoms with E-state index in [2.05, 4.69) is 240 Å². The highest BCUT2D eigenvalue weighted by Crippen LogP contribution is 2.44. The predicted octanol–water partition coefficient (Wildman–Crippen LogP) is 17.5. The van der Waals surface area contributed by atoms with Crippen LogP contribution in [0, 0.1) is 0 Å². The molecule has 304 valence electrons. The standard InChI is InChI=1S/C62H40N2O/c1-2-16-51-45(12-1)30-31-46-13-10-23-58(61(46)51)63(50-15-9-14-47(40-50)52-20-11-25-60-62(52)55-19-5-8-24-59(55)65-60)48-36-32-43(33-37-48)41-26-28-42(29-27-41)44-34-38-49(39-35-44)64-56-21-6-3-17-53(56)54-18-4-7-22-57(54)64/h1-40H. The largest absolute Gasteiger partial charge is 0.456 e. The Bertz CT molecular complexity index is 3880. The van der Waals surface area contributed by atoms with Crippen LogP contribution in [0.4, 0.5) is 17.1 Å². The molecule has 0 saturated carbocycles. The van der Waals surface area contributed by atoms with Gasteiger partial charge in [-0.1, -0.05) is 176 Å². The second kappa shape index (κ2) is 15.0. The van der Waals surface area contributed by atoms with Gasteiger partial charge >= 0.3 is 0 Å². The SMILES string of the molecule is c1cc(-c2cccc3oc4ccccc4c23)cc(N(c2ccc(-c3ccc(-c4ccc(-n5c6ccccc6c6ccccc65)cc4)cc3)cc2)c2cccc3ccc4ccccc4c23)c1. The Labute approximate surface area is 376 Å². The highest BCUT2D eigenvalue weighted by Gasteiger charge is 2.20. The Balaban J connectivity index is 0.872. The lowest BCUT2D eigenvalue weighted by atomic mass is 9.97. The first-order chi connectivity index (χ1) is 32.2. The summed E-state index contributed by atoms with van der Waals surface area (Å²) < 4.78 is 8.69. The summed E-state index contributed by atoms with van der Waals surface area (Å²) in [6, 6.07) is 87.7. The highest BCUT2D eigenvalue weighted by molar-refractivity contribution is 6.16. The molecule has 0 radical (unpaired) electrons. The molecule has 3 nitrogen and oxygen atoms in total. The van der Waals surface area contributed by atoms with Gasteiger partial charge in [-0.2, -0.15) is 0 Å². The normalized spacial score (nSPS) is 11.7. The smallest absolute Gasteiger partial charge is 0.136 e. The molecular formula is C62H40N2O. The molecule has 13 rings (SSSR count). The minimum Gasteiger partial charge on any atom is -0.456 e. The number of aromatic nitrogens is 1. The molecule has 0 aliphatic rings. The number of hydrogen-bond donors (Lipinski definition) is 0. The lowest BCUT2D eigenvalue weighted by molar-refractivity contribution is 0.669. The van der Waals surface area contributed by atoms with E-state index in [1.54, 1.807) is 0 Å². The van der Waals surface area contributed by atoms with Gasteiger partial charge in [0.2, 0.25) is 0 Å². The van der Waals surface area contributed by atoms with Crippen LogP contribution < -0.4 is 4.90 Å².